The predicted molar refractivity (Wildman–Crippen MR) is 254 cm³/mol. The van der Waals surface area contributed by atoms with Crippen LogP contribution in [0, 0.1) is 0 Å². The second kappa shape index (κ2) is 37.1. The van der Waals surface area contributed by atoms with E-state index in [0.29, 0.717) is 0 Å². The first kappa shape index (κ1) is 51.2. The smallest absolute Gasteiger partial charge is 0.137 e. The van der Waals surface area contributed by atoms with Crippen LogP contribution in [0.1, 0.15) is 269 Å². The lowest BCUT2D eigenvalue weighted by Crippen LogP contribution is -2.13. The lowest BCUT2D eigenvalue weighted by Gasteiger charge is -2.27. The van der Waals surface area contributed by atoms with E-state index in [1.54, 1.807) is 11.1 Å². The van der Waals surface area contributed by atoms with Gasteiger partial charge in [-0.05, 0) is 86.6 Å². The quantitative estimate of drug-likeness (QED) is 0.0625. The minimum atomic E-state index is 0.826. The molecule has 0 amide bonds. The fourth-order valence-electron chi connectivity index (χ4n) is 8.80. The fourth-order valence-corrected chi connectivity index (χ4v) is 8.80. The van der Waals surface area contributed by atoms with Gasteiger partial charge in [-0.15, -0.1) is 0 Å². The largest absolute Gasteiger partial charge is 0.493 e. The molecule has 0 N–H and O–H groups in total. The molecule has 0 aromatic heterocycles. The summed E-state index contributed by atoms with van der Waals surface area (Å²) in [5, 5.41) is 0. The molecule has 0 saturated heterocycles. The Morgan fingerprint density at radius 2 is 0.614 bits per heavy atom. The first-order valence-electron chi connectivity index (χ1n) is 25.8. The molecule has 0 unspecified atom stereocenters. The number of ether oxygens (including phenoxy) is 2. The maximum absolute atomic E-state index is 7.20. The van der Waals surface area contributed by atoms with E-state index in [4.69, 9.17) is 9.47 Å². The average Bonchev–Trinajstić information content (AvgIpc) is 3.23. The van der Waals surface area contributed by atoms with Crippen LogP contribution >= 0.6 is 0 Å². The van der Waals surface area contributed by atoms with Crippen molar-refractivity contribution in [2.75, 3.05) is 6.61 Å². The Bertz CT molecular complexity index is 1170. The predicted octanol–water partition coefficient (Wildman–Crippen LogP) is 19.0. The summed E-state index contributed by atoms with van der Waals surface area (Å²) < 4.78 is 14.4. The van der Waals surface area contributed by atoms with Gasteiger partial charge in [0.15, 0.2) is 0 Å². The van der Waals surface area contributed by atoms with Crippen LogP contribution < -0.4 is 9.47 Å². The van der Waals surface area contributed by atoms with E-state index in [-0.39, 0.29) is 0 Å². The molecular weight excluding hydrogens is 693 g/mol. The van der Waals surface area contributed by atoms with Gasteiger partial charge in [0.05, 0.1) is 6.61 Å². The van der Waals surface area contributed by atoms with Gasteiger partial charge < -0.3 is 9.47 Å². The van der Waals surface area contributed by atoms with Crippen LogP contribution in [-0.4, -0.2) is 6.61 Å². The molecule has 0 heterocycles. The number of hydrogen-bond donors (Lipinski definition) is 0. The average molecular weight is 789 g/mol. The normalized spacial score (nSPS) is 11.5. The maximum atomic E-state index is 7.20. The summed E-state index contributed by atoms with van der Waals surface area (Å²) >= 11 is 0. The van der Waals surface area contributed by atoms with Crippen LogP contribution in [0.15, 0.2) is 30.3 Å². The van der Waals surface area contributed by atoms with Crippen molar-refractivity contribution in [2.45, 2.75) is 272 Å². The van der Waals surface area contributed by atoms with E-state index in [2.05, 4.69) is 65.0 Å². The number of benzene rings is 2. The monoisotopic (exact) mass is 789 g/mol. The van der Waals surface area contributed by atoms with Crippen molar-refractivity contribution in [3.63, 3.8) is 0 Å². The standard InChI is InChI=1S/C55H96O2/c1-6-11-16-21-24-26-27-30-32-39-45-51-50(44-38-31-29-25-22-17-12-7-2)52(46-37-19-14-9-4)55(57-49-42-35-34-36-43-49)53(47-40-33-28-23-18-13-8-3)54(51)56-48-41-20-15-10-5/h34-36,42-43H,6-33,37-41,44-48H2,1-5H3. The molecule has 0 bridgehead atoms. The van der Waals surface area contributed by atoms with Crippen molar-refractivity contribution >= 4 is 0 Å². The van der Waals surface area contributed by atoms with Crippen molar-refractivity contribution < 1.29 is 9.47 Å². The molecule has 0 aliphatic rings. The first-order valence-corrected chi connectivity index (χ1v) is 25.8. The Kier molecular flexibility index (Phi) is 33.3. The zero-order valence-electron chi connectivity index (χ0n) is 39.1. The highest BCUT2D eigenvalue weighted by molar-refractivity contribution is 5.61. The summed E-state index contributed by atoms with van der Waals surface area (Å²) in [6.45, 7) is 12.5. The molecule has 2 aromatic carbocycles. The van der Waals surface area contributed by atoms with E-state index in [0.717, 1.165) is 38.0 Å². The van der Waals surface area contributed by atoms with Gasteiger partial charge in [-0.3, -0.25) is 0 Å². The second-order valence-electron chi connectivity index (χ2n) is 17.7. The second-order valence-corrected chi connectivity index (χ2v) is 17.7. The maximum Gasteiger partial charge on any atom is 0.137 e. The number of rotatable bonds is 41. The molecule has 0 aliphatic carbocycles. The SMILES string of the molecule is CCCCCCCCCCCCc1c(CCCCCCCCCC)c(CCCCCC)c(Oc2ccccc2)c(CCCCCCCCC)c1OCCCCCC. The van der Waals surface area contributed by atoms with Crippen LogP contribution in [0.25, 0.3) is 0 Å². The summed E-state index contributed by atoms with van der Waals surface area (Å²) in [7, 11) is 0. The van der Waals surface area contributed by atoms with Crippen molar-refractivity contribution in [1.29, 1.82) is 0 Å². The third-order valence-electron chi connectivity index (χ3n) is 12.4. The van der Waals surface area contributed by atoms with Gasteiger partial charge in [-0.1, -0.05) is 233 Å². The van der Waals surface area contributed by atoms with Gasteiger partial charge in [0.2, 0.25) is 0 Å². The molecule has 2 rings (SSSR count). The van der Waals surface area contributed by atoms with E-state index < -0.39 is 0 Å². The van der Waals surface area contributed by atoms with Gasteiger partial charge in [0, 0.05) is 5.56 Å². The Hall–Kier alpha value is -1.96. The minimum Gasteiger partial charge on any atom is -0.493 e. The molecule has 328 valence electrons. The van der Waals surface area contributed by atoms with E-state index in [1.165, 1.54) is 235 Å². The molecule has 0 spiro atoms. The van der Waals surface area contributed by atoms with E-state index in [9.17, 15) is 0 Å². The van der Waals surface area contributed by atoms with Gasteiger partial charge >= 0.3 is 0 Å². The molecule has 0 saturated carbocycles. The molecule has 0 aliphatic heterocycles. The van der Waals surface area contributed by atoms with Crippen molar-refractivity contribution in [3.8, 4) is 17.2 Å². The molecular formula is C55H96O2. The summed E-state index contributed by atoms with van der Waals surface area (Å²) in [5.41, 5.74) is 6.13. The zero-order chi connectivity index (χ0) is 40.9. The molecule has 2 heteroatoms. The van der Waals surface area contributed by atoms with Crippen LogP contribution in [0.4, 0.5) is 0 Å². The molecule has 0 atom stereocenters. The van der Waals surface area contributed by atoms with E-state index >= 15 is 0 Å². The minimum absolute atomic E-state index is 0.826. The Balaban J connectivity index is 2.57. The zero-order valence-corrected chi connectivity index (χ0v) is 39.1. The van der Waals surface area contributed by atoms with Crippen LogP contribution in [0.2, 0.25) is 0 Å². The Morgan fingerprint density at radius 1 is 0.298 bits per heavy atom. The summed E-state index contributed by atoms with van der Waals surface area (Å²) in [6.07, 6.45) is 48.6. The lowest BCUT2D eigenvalue weighted by molar-refractivity contribution is 0.295. The Labute approximate surface area is 356 Å². The molecule has 0 radical (unpaired) electrons. The summed E-state index contributed by atoms with van der Waals surface area (Å²) in [6, 6.07) is 10.7. The number of unbranched alkanes of at least 4 members (excludes halogenated alkanes) is 28. The Morgan fingerprint density at radius 3 is 1.04 bits per heavy atom. The number of para-hydroxylation sites is 1. The van der Waals surface area contributed by atoms with Crippen molar-refractivity contribution in [2.24, 2.45) is 0 Å². The lowest BCUT2D eigenvalue weighted by atomic mass is 9.85. The third kappa shape index (κ3) is 24.0. The third-order valence-corrected chi connectivity index (χ3v) is 12.4. The van der Waals surface area contributed by atoms with Crippen LogP contribution in [0.5, 0.6) is 17.2 Å². The summed E-state index contributed by atoms with van der Waals surface area (Å²) in [4.78, 5) is 0. The molecule has 57 heavy (non-hydrogen) atoms. The highest BCUT2D eigenvalue weighted by atomic mass is 16.5. The van der Waals surface area contributed by atoms with E-state index in [1.807, 2.05) is 0 Å². The van der Waals surface area contributed by atoms with Gasteiger partial charge in [-0.2, -0.15) is 0 Å². The first-order chi connectivity index (χ1) is 28.2. The molecule has 2 aromatic rings. The van der Waals surface area contributed by atoms with Crippen molar-refractivity contribution in [3.05, 3.63) is 52.6 Å². The highest BCUT2D eigenvalue weighted by Gasteiger charge is 2.26. The number of hydrogen-bond acceptors (Lipinski definition) is 2. The van der Waals surface area contributed by atoms with Gasteiger partial charge in [-0.25, -0.2) is 0 Å². The molecule has 2 nitrogen and oxygen atoms in total. The van der Waals surface area contributed by atoms with Crippen molar-refractivity contribution in [1.82, 2.24) is 0 Å². The topological polar surface area (TPSA) is 18.5 Å². The fraction of sp³-hybridized carbons (Fsp3) is 0.782. The van der Waals surface area contributed by atoms with Crippen LogP contribution in [0.3, 0.4) is 0 Å². The highest BCUT2D eigenvalue weighted by Crippen LogP contribution is 2.45. The summed E-state index contributed by atoms with van der Waals surface area (Å²) in [5.74, 6) is 3.39. The molecule has 0 fully saturated rings. The van der Waals surface area contributed by atoms with Gasteiger partial charge in [0.1, 0.15) is 17.2 Å². The van der Waals surface area contributed by atoms with Gasteiger partial charge in [0.25, 0.3) is 0 Å². The van der Waals surface area contributed by atoms with Crippen LogP contribution in [-0.2, 0) is 25.7 Å².